The molecule has 0 radical (unpaired) electrons. The van der Waals surface area contributed by atoms with Gasteiger partial charge in [-0.15, -0.1) is 12.4 Å². The number of carbonyl (C=O) groups is 1. The summed E-state index contributed by atoms with van der Waals surface area (Å²) in [5.74, 6) is 1.61. The predicted molar refractivity (Wildman–Crippen MR) is 97.6 cm³/mol. The third-order valence-corrected chi connectivity index (χ3v) is 5.51. The van der Waals surface area contributed by atoms with E-state index in [0.717, 1.165) is 54.2 Å². The predicted octanol–water partition coefficient (Wildman–Crippen LogP) is 3.48. The molecule has 2 heterocycles. The van der Waals surface area contributed by atoms with Crippen LogP contribution in [0, 0.1) is 5.92 Å². The summed E-state index contributed by atoms with van der Waals surface area (Å²) in [5, 5.41) is 3.60. The Morgan fingerprint density at radius 1 is 1.30 bits per heavy atom. The number of nitrogens with one attached hydrogen (secondary N) is 1. The third-order valence-electron chi connectivity index (χ3n) is 4.89. The Morgan fingerprint density at radius 2 is 2.04 bits per heavy atom. The molecule has 6 heteroatoms. The van der Waals surface area contributed by atoms with Gasteiger partial charge in [-0.25, -0.2) is 0 Å². The number of nitrogens with zero attached hydrogens (tertiary/aromatic N) is 1. The number of carbonyl (C=O) groups excluding carboxylic acids is 1. The molecule has 23 heavy (non-hydrogen) atoms. The molecular formula is C17H24BrClN2O2. The molecule has 2 fully saturated rings. The zero-order chi connectivity index (χ0) is 15.5. The van der Waals surface area contributed by atoms with Crippen LogP contribution in [0.4, 0.5) is 0 Å². The van der Waals surface area contributed by atoms with Gasteiger partial charge in [0.2, 0.25) is 0 Å². The maximum atomic E-state index is 12.6. The SMILES string of the molecule is COc1ccc(C(=O)N2CCC(C3CCCN3)CC2)cc1Br.Cl. The van der Waals surface area contributed by atoms with Crippen molar-refractivity contribution in [3.05, 3.63) is 28.2 Å². The van der Waals surface area contributed by atoms with Crippen molar-refractivity contribution in [3.8, 4) is 5.75 Å². The van der Waals surface area contributed by atoms with E-state index in [1.54, 1.807) is 7.11 Å². The van der Waals surface area contributed by atoms with E-state index < -0.39 is 0 Å². The molecule has 0 saturated carbocycles. The van der Waals surface area contributed by atoms with E-state index in [9.17, 15) is 4.79 Å². The van der Waals surface area contributed by atoms with Crippen molar-refractivity contribution in [3.63, 3.8) is 0 Å². The fourth-order valence-corrected chi connectivity index (χ4v) is 4.14. The number of ether oxygens (including phenoxy) is 1. The second-order valence-electron chi connectivity index (χ2n) is 6.18. The zero-order valence-corrected chi connectivity index (χ0v) is 15.8. The number of hydrogen-bond acceptors (Lipinski definition) is 3. The van der Waals surface area contributed by atoms with Crippen LogP contribution in [0.2, 0.25) is 0 Å². The van der Waals surface area contributed by atoms with E-state index in [1.807, 2.05) is 23.1 Å². The summed E-state index contributed by atoms with van der Waals surface area (Å²) >= 11 is 3.45. The van der Waals surface area contributed by atoms with Crippen molar-refractivity contribution in [1.82, 2.24) is 10.2 Å². The molecular weight excluding hydrogens is 380 g/mol. The van der Waals surface area contributed by atoms with Crippen LogP contribution in [-0.4, -0.2) is 43.6 Å². The number of piperidine rings is 1. The van der Waals surface area contributed by atoms with Gasteiger partial charge < -0.3 is 15.0 Å². The Morgan fingerprint density at radius 3 is 2.61 bits per heavy atom. The smallest absolute Gasteiger partial charge is 0.253 e. The fourth-order valence-electron chi connectivity index (χ4n) is 3.60. The maximum absolute atomic E-state index is 12.6. The van der Waals surface area contributed by atoms with Gasteiger partial charge in [0.25, 0.3) is 5.91 Å². The van der Waals surface area contributed by atoms with Crippen LogP contribution in [0.15, 0.2) is 22.7 Å². The van der Waals surface area contributed by atoms with Crippen LogP contribution in [0.25, 0.3) is 0 Å². The van der Waals surface area contributed by atoms with Crippen LogP contribution < -0.4 is 10.1 Å². The van der Waals surface area contributed by atoms with Crippen LogP contribution in [-0.2, 0) is 0 Å². The van der Waals surface area contributed by atoms with Crippen molar-refractivity contribution in [2.75, 3.05) is 26.7 Å². The summed E-state index contributed by atoms with van der Waals surface area (Å²) in [7, 11) is 1.63. The molecule has 1 atom stereocenters. The van der Waals surface area contributed by atoms with Crippen molar-refractivity contribution in [2.45, 2.75) is 31.7 Å². The first-order valence-corrected chi connectivity index (χ1v) is 8.84. The molecule has 4 nitrogen and oxygen atoms in total. The lowest BCUT2D eigenvalue weighted by Crippen LogP contribution is -2.43. The molecule has 0 aliphatic carbocycles. The molecule has 0 spiro atoms. The fraction of sp³-hybridized carbons (Fsp3) is 0.588. The Balaban J connectivity index is 0.00000192. The van der Waals surface area contributed by atoms with E-state index in [1.165, 1.54) is 12.8 Å². The van der Waals surface area contributed by atoms with Gasteiger partial charge in [-0.2, -0.15) is 0 Å². The Hall–Kier alpha value is -0.780. The number of hydrogen-bond donors (Lipinski definition) is 1. The zero-order valence-electron chi connectivity index (χ0n) is 13.4. The van der Waals surface area contributed by atoms with Crippen molar-refractivity contribution >= 4 is 34.2 Å². The average Bonchev–Trinajstić information content (AvgIpc) is 3.09. The summed E-state index contributed by atoms with van der Waals surface area (Å²) in [6.45, 7) is 2.89. The van der Waals surface area contributed by atoms with Crippen molar-refractivity contribution < 1.29 is 9.53 Å². The molecule has 0 aromatic heterocycles. The van der Waals surface area contributed by atoms with Gasteiger partial charge in [-0.3, -0.25) is 4.79 Å². The van der Waals surface area contributed by atoms with E-state index in [4.69, 9.17) is 4.74 Å². The third kappa shape index (κ3) is 4.20. The van der Waals surface area contributed by atoms with Crippen molar-refractivity contribution in [1.29, 1.82) is 0 Å². The monoisotopic (exact) mass is 402 g/mol. The van der Waals surface area contributed by atoms with Gasteiger partial charge in [-0.1, -0.05) is 0 Å². The van der Waals surface area contributed by atoms with Crippen LogP contribution in [0.3, 0.4) is 0 Å². The average molecular weight is 404 g/mol. The molecule has 1 N–H and O–H groups in total. The van der Waals surface area contributed by atoms with Gasteiger partial charge in [0.05, 0.1) is 11.6 Å². The van der Waals surface area contributed by atoms with Gasteiger partial charge in [-0.05, 0) is 72.3 Å². The topological polar surface area (TPSA) is 41.6 Å². The van der Waals surface area contributed by atoms with E-state index in [-0.39, 0.29) is 18.3 Å². The van der Waals surface area contributed by atoms with Gasteiger partial charge in [0.15, 0.2) is 0 Å². The Labute approximate surface area is 152 Å². The quantitative estimate of drug-likeness (QED) is 0.840. The second kappa shape index (κ2) is 8.36. The molecule has 2 saturated heterocycles. The summed E-state index contributed by atoms with van der Waals surface area (Å²) in [6.07, 6.45) is 4.81. The number of benzene rings is 1. The van der Waals surface area contributed by atoms with Crippen LogP contribution in [0.1, 0.15) is 36.0 Å². The molecule has 1 unspecified atom stereocenters. The highest BCUT2D eigenvalue weighted by Crippen LogP contribution is 2.29. The summed E-state index contributed by atoms with van der Waals surface area (Å²) in [6, 6.07) is 6.21. The number of methoxy groups -OCH3 is 1. The maximum Gasteiger partial charge on any atom is 0.253 e. The van der Waals surface area contributed by atoms with Crippen LogP contribution >= 0.6 is 28.3 Å². The van der Waals surface area contributed by atoms with Gasteiger partial charge >= 0.3 is 0 Å². The molecule has 1 amide bonds. The Kier molecular flexibility index (Phi) is 6.74. The molecule has 1 aromatic rings. The summed E-state index contributed by atoms with van der Waals surface area (Å²) < 4.78 is 6.04. The highest BCUT2D eigenvalue weighted by atomic mass is 79.9. The normalized spacial score (nSPS) is 21.8. The summed E-state index contributed by atoms with van der Waals surface area (Å²) in [5.41, 5.74) is 0.727. The molecule has 0 bridgehead atoms. The molecule has 2 aliphatic rings. The highest BCUT2D eigenvalue weighted by molar-refractivity contribution is 9.10. The minimum absolute atomic E-state index is 0. The van der Waals surface area contributed by atoms with Gasteiger partial charge in [0.1, 0.15) is 5.75 Å². The lowest BCUT2D eigenvalue weighted by Gasteiger charge is -2.35. The number of rotatable bonds is 3. The second-order valence-corrected chi connectivity index (χ2v) is 7.04. The van der Waals surface area contributed by atoms with E-state index in [2.05, 4.69) is 21.2 Å². The lowest BCUT2D eigenvalue weighted by atomic mass is 9.88. The van der Waals surface area contributed by atoms with Crippen LogP contribution in [0.5, 0.6) is 5.75 Å². The first-order chi connectivity index (χ1) is 10.7. The first-order valence-electron chi connectivity index (χ1n) is 8.05. The number of halogens is 2. The standard InChI is InChI=1S/C17H23BrN2O2.ClH/c1-22-16-5-4-13(11-14(16)18)17(21)20-9-6-12(7-10-20)15-3-2-8-19-15;/h4-5,11-12,15,19H,2-3,6-10H2,1H3;1H. The van der Waals surface area contributed by atoms with E-state index in [0.29, 0.717) is 6.04 Å². The Bertz CT molecular complexity index is 541. The summed E-state index contributed by atoms with van der Waals surface area (Å²) in [4.78, 5) is 14.6. The minimum atomic E-state index is 0. The first kappa shape index (κ1) is 18.6. The lowest BCUT2D eigenvalue weighted by molar-refractivity contribution is 0.0674. The van der Waals surface area contributed by atoms with E-state index >= 15 is 0 Å². The van der Waals surface area contributed by atoms with Crippen molar-refractivity contribution in [2.24, 2.45) is 5.92 Å². The molecule has 3 rings (SSSR count). The number of likely N-dealkylation sites (tertiary alicyclic amines) is 1. The highest BCUT2D eigenvalue weighted by Gasteiger charge is 2.30. The van der Waals surface area contributed by atoms with Gasteiger partial charge in [0, 0.05) is 24.7 Å². The molecule has 1 aromatic carbocycles. The largest absolute Gasteiger partial charge is 0.496 e. The molecule has 2 aliphatic heterocycles. The minimum Gasteiger partial charge on any atom is -0.496 e. The number of amides is 1. The molecule has 128 valence electrons.